The molecule has 0 aromatic heterocycles. The summed E-state index contributed by atoms with van der Waals surface area (Å²) in [5.41, 5.74) is 1.13. The third-order valence-corrected chi connectivity index (χ3v) is 7.05. The zero-order chi connectivity index (χ0) is 17.1. The van der Waals surface area contributed by atoms with E-state index in [1.807, 2.05) is 43.8 Å². The number of fused-ring (bicyclic) bond motifs is 4. The Morgan fingerprint density at radius 1 is 1.17 bits per heavy atom. The summed E-state index contributed by atoms with van der Waals surface area (Å²) < 4.78 is 0. The van der Waals surface area contributed by atoms with Crippen LogP contribution in [-0.2, 0) is 16.0 Å². The molecule has 0 bridgehead atoms. The van der Waals surface area contributed by atoms with Crippen LogP contribution in [0.5, 0.6) is 0 Å². The fraction of sp³-hybridized carbons (Fsp3) is 0.579. The van der Waals surface area contributed by atoms with Crippen LogP contribution >= 0.6 is 23.4 Å². The highest BCUT2D eigenvalue weighted by atomic mass is 35.5. The SMILES string of the molecule is CC1(C)CC(=O)C2(Cc3ccc(Cl)cc3N3CCSC[C@@H]32)C(=O)C1. The van der Waals surface area contributed by atoms with E-state index in [0.29, 0.717) is 24.3 Å². The van der Waals surface area contributed by atoms with E-state index in [0.717, 1.165) is 29.3 Å². The molecule has 2 aliphatic heterocycles. The molecular weight excluding hydrogens is 342 g/mol. The number of benzene rings is 1. The first-order chi connectivity index (χ1) is 11.3. The van der Waals surface area contributed by atoms with Crippen LogP contribution in [0, 0.1) is 10.8 Å². The molecule has 1 spiro atoms. The number of carbonyl (C=O) groups excluding carboxylic acids is 2. The molecule has 0 radical (unpaired) electrons. The monoisotopic (exact) mass is 363 g/mol. The maximum atomic E-state index is 13.2. The lowest BCUT2D eigenvalue weighted by atomic mass is 9.57. The van der Waals surface area contributed by atoms with E-state index in [1.165, 1.54) is 0 Å². The molecule has 5 heteroatoms. The number of nitrogens with zero attached hydrogens (tertiary/aromatic N) is 1. The Kier molecular flexibility index (Phi) is 3.77. The second-order valence-electron chi connectivity index (χ2n) is 8.07. The molecule has 3 nitrogen and oxygen atoms in total. The average Bonchev–Trinajstić information content (AvgIpc) is 2.52. The minimum absolute atomic E-state index is 0.0293. The minimum Gasteiger partial charge on any atom is -0.365 e. The molecule has 0 N–H and O–H groups in total. The lowest BCUT2D eigenvalue weighted by molar-refractivity contribution is -0.150. The van der Waals surface area contributed by atoms with Gasteiger partial charge in [-0.3, -0.25) is 9.59 Å². The van der Waals surface area contributed by atoms with Gasteiger partial charge in [0.2, 0.25) is 0 Å². The van der Waals surface area contributed by atoms with E-state index in [4.69, 9.17) is 11.6 Å². The normalized spacial score (nSPS) is 27.8. The average molecular weight is 364 g/mol. The zero-order valence-electron chi connectivity index (χ0n) is 14.1. The molecule has 1 saturated carbocycles. The van der Waals surface area contributed by atoms with Gasteiger partial charge in [-0.2, -0.15) is 11.8 Å². The molecule has 2 fully saturated rings. The third kappa shape index (κ3) is 2.33. The second kappa shape index (κ2) is 5.50. The van der Waals surface area contributed by atoms with Crippen molar-refractivity contribution in [1.29, 1.82) is 0 Å². The second-order valence-corrected chi connectivity index (χ2v) is 9.66. The van der Waals surface area contributed by atoms with Crippen LogP contribution < -0.4 is 4.90 Å². The van der Waals surface area contributed by atoms with E-state index < -0.39 is 5.41 Å². The quantitative estimate of drug-likeness (QED) is 0.658. The van der Waals surface area contributed by atoms with Crippen molar-refractivity contribution in [3.63, 3.8) is 0 Å². The Labute approximate surface area is 152 Å². The van der Waals surface area contributed by atoms with Gasteiger partial charge in [0, 0.05) is 41.6 Å². The van der Waals surface area contributed by atoms with Gasteiger partial charge >= 0.3 is 0 Å². The van der Waals surface area contributed by atoms with Crippen molar-refractivity contribution in [1.82, 2.24) is 0 Å². The van der Waals surface area contributed by atoms with Crippen LogP contribution in [0.4, 0.5) is 5.69 Å². The lowest BCUT2D eigenvalue weighted by Gasteiger charge is -2.54. The fourth-order valence-electron chi connectivity index (χ4n) is 4.64. The summed E-state index contributed by atoms with van der Waals surface area (Å²) in [6.07, 6.45) is 1.53. The van der Waals surface area contributed by atoms with Gasteiger partial charge in [0.1, 0.15) is 17.0 Å². The summed E-state index contributed by atoms with van der Waals surface area (Å²) in [6.45, 7) is 4.92. The smallest absolute Gasteiger partial charge is 0.149 e. The molecule has 2 heterocycles. The van der Waals surface area contributed by atoms with Crippen LogP contribution in [0.3, 0.4) is 0 Å². The molecule has 128 valence electrons. The van der Waals surface area contributed by atoms with E-state index in [-0.39, 0.29) is 23.0 Å². The van der Waals surface area contributed by atoms with Gasteiger partial charge in [-0.1, -0.05) is 31.5 Å². The van der Waals surface area contributed by atoms with Gasteiger partial charge in [0.05, 0.1) is 6.04 Å². The first-order valence-electron chi connectivity index (χ1n) is 8.53. The first kappa shape index (κ1) is 16.5. The number of rotatable bonds is 0. The third-order valence-electron chi connectivity index (χ3n) is 5.80. The summed E-state index contributed by atoms with van der Waals surface area (Å²) >= 11 is 8.07. The zero-order valence-corrected chi connectivity index (χ0v) is 15.7. The number of thioether (sulfide) groups is 1. The standard InChI is InChI=1S/C19H22ClNO2S/c1-18(2)9-16(22)19(17(23)10-18)8-12-3-4-13(20)7-14(12)21-5-6-24-11-15(19)21/h3-4,7,15H,5-6,8-11H2,1-2H3/t15-/m1/s1. The maximum absolute atomic E-state index is 13.2. The highest BCUT2D eigenvalue weighted by molar-refractivity contribution is 7.99. The van der Waals surface area contributed by atoms with E-state index in [9.17, 15) is 9.59 Å². The molecule has 0 unspecified atom stereocenters. The fourth-order valence-corrected chi connectivity index (χ4v) is 5.99. The van der Waals surface area contributed by atoms with Crippen molar-refractivity contribution in [3.8, 4) is 0 Å². The van der Waals surface area contributed by atoms with E-state index >= 15 is 0 Å². The first-order valence-corrected chi connectivity index (χ1v) is 10.1. The Morgan fingerprint density at radius 2 is 1.88 bits per heavy atom. The van der Waals surface area contributed by atoms with Crippen LogP contribution in [0.25, 0.3) is 0 Å². The van der Waals surface area contributed by atoms with Gasteiger partial charge in [0.25, 0.3) is 0 Å². The van der Waals surface area contributed by atoms with Crippen molar-refractivity contribution in [2.45, 2.75) is 39.2 Å². The number of anilines is 1. The molecule has 1 aliphatic carbocycles. The number of hydrogen-bond acceptors (Lipinski definition) is 4. The molecular formula is C19H22ClNO2S. The van der Waals surface area contributed by atoms with Crippen molar-refractivity contribution in [2.24, 2.45) is 10.8 Å². The maximum Gasteiger partial charge on any atom is 0.149 e. The largest absolute Gasteiger partial charge is 0.365 e. The molecule has 1 saturated heterocycles. The Balaban J connectivity index is 1.86. The summed E-state index contributed by atoms with van der Waals surface area (Å²) in [5, 5.41) is 0.712. The molecule has 1 aromatic carbocycles. The van der Waals surface area contributed by atoms with Crippen LogP contribution in [0.1, 0.15) is 32.3 Å². The number of Topliss-reactive ketones (excluding diaryl/α,β-unsaturated/α-hetero) is 2. The summed E-state index contributed by atoms with van der Waals surface area (Å²) in [7, 11) is 0. The number of carbonyl (C=O) groups is 2. The van der Waals surface area contributed by atoms with Crippen molar-refractivity contribution in [3.05, 3.63) is 28.8 Å². The van der Waals surface area contributed by atoms with E-state index in [2.05, 4.69) is 4.90 Å². The van der Waals surface area contributed by atoms with Gasteiger partial charge in [-0.25, -0.2) is 0 Å². The van der Waals surface area contributed by atoms with E-state index in [1.54, 1.807) is 0 Å². The Bertz CT molecular complexity index is 710. The summed E-state index contributed by atoms with van der Waals surface area (Å²) in [5.74, 6) is 2.14. The van der Waals surface area contributed by atoms with Gasteiger partial charge in [-0.15, -0.1) is 0 Å². The lowest BCUT2D eigenvalue weighted by Crippen LogP contribution is -2.65. The van der Waals surface area contributed by atoms with Gasteiger partial charge < -0.3 is 4.90 Å². The Hall–Kier alpha value is -1.00. The molecule has 1 atom stereocenters. The highest BCUT2D eigenvalue weighted by Gasteiger charge is 2.60. The molecule has 3 aliphatic rings. The van der Waals surface area contributed by atoms with Crippen LogP contribution in [0.15, 0.2) is 18.2 Å². The van der Waals surface area contributed by atoms with Gasteiger partial charge in [0.15, 0.2) is 0 Å². The van der Waals surface area contributed by atoms with Gasteiger partial charge in [-0.05, 0) is 29.5 Å². The van der Waals surface area contributed by atoms with Crippen LogP contribution in [0.2, 0.25) is 5.02 Å². The molecule has 0 amide bonds. The number of halogens is 1. The van der Waals surface area contributed by atoms with Crippen molar-refractivity contribution in [2.75, 3.05) is 23.0 Å². The number of hydrogen-bond donors (Lipinski definition) is 0. The Morgan fingerprint density at radius 3 is 2.58 bits per heavy atom. The predicted octanol–water partition coefficient (Wildman–Crippen LogP) is 3.76. The molecule has 1 aromatic rings. The van der Waals surface area contributed by atoms with Crippen molar-refractivity contribution >= 4 is 40.6 Å². The van der Waals surface area contributed by atoms with Crippen molar-refractivity contribution < 1.29 is 9.59 Å². The minimum atomic E-state index is -0.857. The predicted molar refractivity (Wildman–Crippen MR) is 99.1 cm³/mol. The van der Waals surface area contributed by atoms with Crippen LogP contribution in [-0.4, -0.2) is 35.7 Å². The topological polar surface area (TPSA) is 37.4 Å². The molecule has 24 heavy (non-hydrogen) atoms. The summed E-state index contributed by atoms with van der Waals surface area (Å²) in [4.78, 5) is 28.8. The molecule has 4 rings (SSSR count). The summed E-state index contributed by atoms with van der Waals surface area (Å²) in [6, 6.07) is 5.83. The number of ketones is 2. The highest BCUT2D eigenvalue weighted by Crippen LogP contribution is 2.51.